The monoisotopic (exact) mass is 648 g/mol. The molecule has 0 aromatic heterocycles. The molecule has 0 aliphatic carbocycles. The largest absolute Gasteiger partial charge is 4.00 e. The molecular formula is C16H22HfI2. The Morgan fingerprint density at radius 1 is 0.632 bits per heavy atom. The number of halogens is 2. The van der Waals surface area contributed by atoms with Crippen LogP contribution in [0.3, 0.4) is 0 Å². The van der Waals surface area contributed by atoms with E-state index in [4.69, 9.17) is 0 Å². The number of hydrogen-bond donors (Lipinski definition) is 0. The van der Waals surface area contributed by atoms with Crippen LogP contribution < -0.4 is 48.0 Å². The Labute approximate surface area is 171 Å². The Morgan fingerprint density at radius 3 is 1.11 bits per heavy atom. The van der Waals surface area contributed by atoms with Gasteiger partial charge in [0.05, 0.1) is 0 Å². The van der Waals surface area contributed by atoms with E-state index in [2.05, 4.69) is 62.4 Å². The van der Waals surface area contributed by atoms with Gasteiger partial charge in [-0.1, -0.05) is 39.5 Å². The van der Waals surface area contributed by atoms with Gasteiger partial charge in [0, 0.05) is 0 Å². The minimum atomic E-state index is 0. The molecule has 104 valence electrons. The molecule has 0 bridgehead atoms. The molecule has 0 atom stereocenters. The summed E-state index contributed by atoms with van der Waals surface area (Å²) in [5, 5.41) is 0. The van der Waals surface area contributed by atoms with Gasteiger partial charge in [0.15, 0.2) is 0 Å². The maximum absolute atomic E-state index is 2.20. The van der Waals surface area contributed by atoms with E-state index < -0.39 is 0 Å². The van der Waals surface area contributed by atoms with Gasteiger partial charge >= 0.3 is 25.8 Å². The molecule has 0 unspecified atom stereocenters. The maximum atomic E-state index is 2.20. The van der Waals surface area contributed by atoms with E-state index in [1.54, 1.807) is 0 Å². The van der Waals surface area contributed by atoms with E-state index in [1.165, 1.54) is 36.8 Å². The van der Waals surface area contributed by atoms with Crippen molar-refractivity contribution in [2.75, 3.05) is 0 Å². The first kappa shape index (κ1) is 25.0. The van der Waals surface area contributed by atoms with Gasteiger partial charge in [0.25, 0.3) is 0 Å². The van der Waals surface area contributed by atoms with Crippen molar-refractivity contribution in [3.05, 3.63) is 59.7 Å². The van der Waals surface area contributed by atoms with E-state index in [9.17, 15) is 0 Å². The van der Waals surface area contributed by atoms with Crippen molar-refractivity contribution in [3.8, 4) is 0 Å². The quantitative estimate of drug-likeness (QED) is 0.221. The molecule has 0 spiro atoms. The third kappa shape index (κ3) is 12.5. The van der Waals surface area contributed by atoms with Crippen LogP contribution in [0.2, 0.25) is 0 Å². The topological polar surface area (TPSA) is 0 Å². The Hall–Kier alpha value is 1.03. The molecule has 0 saturated heterocycles. The average Bonchev–Trinajstić information content (AvgIpc) is 2.92. The number of hydrogen-bond acceptors (Lipinski definition) is 0. The van der Waals surface area contributed by atoms with Crippen LogP contribution >= 0.6 is 0 Å². The molecule has 0 amide bonds. The Kier molecular flexibility index (Phi) is 22.5. The molecule has 0 saturated carbocycles. The van der Waals surface area contributed by atoms with Crippen molar-refractivity contribution in [1.82, 2.24) is 0 Å². The van der Waals surface area contributed by atoms with Gasteiger partial charge < -0.3 is 48.0 Å². The summed E-state index contributed by atoms with van der Waals surface area (Å²) < 4.78 is 0. The van der Waals surface area contributed by atoms with Crippen LogP contribution in [0.5, 0.6) is 0 Å². The van der Waals surface area contributed by atoms with E-state index in [-0.39, 0.29) is 73.8 Å². The zero-order chi connectivity index (χ0) is 11.6. The molecule has 2 rings (SSSR count). The molecule has 0 aliphatic heterocycles. The van der Waals surface area contributed by atoms with Gasteiger partial charge in [-0.05, 0) is 0 Å². The molecular weight excluding hydrogens is 624 g/mol. The summed E-state index contributed by atoms with van der Waals surface area (Å²) in [5.41, 5.74) is 2.93. The molecule has 0 aliphatic rings. The number of aryl methyl sites for hydroxylation is 2. The van der Waals surface area contributed by atoms with Crippen molar-refractivity contribution in [1.29, 1.82) is 0 Å². The van der Waals surface area contributed by atoms with Crippen LogP contribution in [-0.4, -0.2) is 0 Å². The smallest absolute Gasteiger partial charge is 1.00 e. The van der Waals surface area contributed by atoms with E-state index in [1.807, 2.05) is 0 Å². The van der Waals surface area contributed by atoms with Crippen LogP contribution in [0, 0.1) is 0 Å². The van der Waals surface area contributed by atoms with E-state index in [0.717, 1.165) is 0 Å². The standard InChI is InChI=1S/2C8H11.Hf.2HI/c2*1-2-5-8-6-3-4-7-8;;;/h2*3-4,6-7H,2,5H2,1H3;;2*1H/q2*-1;+4;;/p-2. The van der Waals surface area contributed by atoms with Gasteiger partial charge in [0.2, 0.25) is 0 Å². The van der Waals surface area contributed by atoms with Crippen LogP contribution in [0.15, 0.2) is 48.5 Å². The second kappa shape index (κ2) is 17.1. The zero-order valence-electron chi connectivity index (χ0n) is 11.7. The van der Waals surface area contributed by atoms with Gasteiger partial charge in [-0.15, -0.1) is 0 Å². The summed E-state index contributed by atoms with van der Waals surface area (Å²) in [6.45, 7) is 4.40. The van der Waals surface area contributed by atoms with Crippen LogP contribution in [0.4, 0.5) is 0 Å². The molecule has 0 N–H and O–H groups in total. The van der Waals surface area contributed by atoms with E-state index >= 15 is 0 Å². The summed E-state index contributed by atoms with van der Waals surface area (Å²) >= 11 is 0. The summed E-state index contributed by atoms with van der Waals surface area (Å²) in [7, 11) is 0. The molecule has 2 aromatic carbocycles. The second-order valence-corrected chi connectivity index (χ2v) is 4.09. The third-order valence-corrected chi connectivity index (χ3v) is 2.54. The second-order valence-electron chi connectivity index (χ2n) is 4.09. The predicted molar refractivity (Wildman–Crippen MR) is 72.1 cm³/mol. The van der Waals surface area contributed by atoms with Gasteiger partial charge in [0.1, 0.15) is 0 Å². The molecule has 19 heavy (non-hydrogen) atoms. The van der Waals surface area contributed by atoms with Crippen molar-refractivity contribution in [2.45, 2.75) is 39.5 Å². The minimum Gasteiger partial charge on any atom is -1.00 e. The van der Waals surface area contributed by atoms with Crippen molar-refractivity contribution in [2.24, 2.45) is 0 Å². The first-order valence-electron chi connectivity index (χ1n) is 6.28. The SMILES string of the molecule is CCC[c-]1cccc1.CCC[c-]1cccc1.[Hf+4].[I-].[I-]. The summed E-state index contributed by atoms with van der Waals surface area (Å²) in [6, 6.07) is 17.0. The van der Waals surface area contributed by atoms with Crippen LogP contribution in [-0.2, 0) is 38.7 Å². The maximum Gasteiger partial charge on any atom is 4.00 e. The number of rotatable bonds is 4. The summed E-state index contributed by atoms with van der Waals surface area (Å²) in [4.78, 5) is 0. The molecule has 0 nitrogen and oxygen atoms in total. The van der Waals surface area contributed by atoms with E-state index in [0.29, 0.717) is 0 Å². The molecule has 0 radical (unpaired) electrons. The van der Waals surface area contributed by atoms with Crippen molar-refractivity contribution < 1.29 is 73.8 Å². The zero-order valence-corrected chi connectivity index (χ0v) is 19.6. The summed E-state index contributed by atoms with van der Waals surface area (Å²) in [6.07, 6.45) is 4.97. The normalized spacial score (nSPS) is 8.11. The minimum absolute atomic E-state index is 0. The van der Waals surface area contributed by atoms with Crippen molar-refractivity contribution in [3.63, 3.8) is 0 Å². The fourth-order valence-electron chi connectivity index (χ4n) is 1.74. The fourth-order valence-corrected chi connectivity index (χ4v) is 1.74. The van der Waals surface area contributed by atoms with Gasteiger partial charge in [-0.2, -0.15) is 35.4 Å². The Morgan fingerprint density at radius 2 is 0.895 bits per heavy atom. The first-order chi connectivity index (χ1) is 7.86. The Bertz CT molecular complexity index is 302. The summed E-state index contributed by atoms with van der Waals surface area (Å²) in [5.74, 6) is 0. The van der Waals surface area contributed by atoms with Crippen LogP contribution in [0.25, 0.3) is 0 Å². The van der Waals surface area contributed by atoms with Crippen molar-refractivity contribution >= 4 is 0 Å². The van der Waals surface area contributed by atoms with Gasteiger partial charge in [-0.3, -0.25) is 0 Å². The predicted octanol–water partition coefficient (Wildman–Crippen LogP) is -1.28. The third-order valence-electron chi connectivity index (χ3n) is 2.54. The van der Waals surface area contributed by atoms with Crippen LogP contribution in [0.1, 0.15) is 37.8 Å². The molecule has 2 aromatic rings. The Balaban J connectivity index is -0.000000233. The molecule has 0 fully saturated rings. The molecule has 3 heteroatoms. The van der Waals surface area contributed by atoms with Gasteiger partial charge in [-0.25, -0.2) is 24.3 Å². The molecule has 0 heterocycles. The fraction of sp³-hybridized carbons (Fsp3) is 0.375. The average molecular weight is 647 g/mol. The first-order valence-corrected chi connectivity index (χ1v) is 6.28.